The normalized spacial score (nSPS) is 11.8. The first-order valence-electron chi connectivity index (χ1n) is 7.44. The number of nitrogens with one attached hydrogen (secondary N) is 1. The highest BCUT2D eigenvalue weighted by Gasteiger charge is 2.21. The summed E-state index contributed by atoms with van der Waals surface area (Å²) in [6.45, 7) is 5.38. The van der Waals surface area contributed by atoms with E-state index in [0.717, 1.165) is 0 Å². The number of aromatic nitrogens is 3. The summed E-state index contributed by atoms with van der Waals surface area (Å²) in [5.41, 5.74) is -0.347. The van der Waals surface area contributed by atoms with E-state index in [1.807, 2.05) is 6.92 Å². The number of ether oxygens (including phenoxy) is 1. The number of anilines is 1. The number of nitrogens with zero attached hydrogens (tertiary/aromatic N) is 3. The molecule has 9 heteroatoms. The van der Waals surface area contributed by atoms with E-state index >= 15 is 0 Å². The SMILES string of the molecule is CCCn1nc(C(=O)O[C@@H](C)C(=O)Nc2cc(C)on2)ccc1=O. The summed E-state index contributed by atoms with van der Waals surface area (Å²) in [7, 11) is 0. The molecule has 2 rings (SSSR count). The molecule has 1 atom stereocenters. The van der Waals surface area contributed by atoms with Crippen LogP contribution in [0.25, 0.3) is 0 Å². The molecule has 0 saturated carbocycles. The van der Waals surface area contributed by atoms with Crippen LogP contribution >= 0.6 is 0 Å². The molecule has 2 heterocycles. The maximum atomic E-state index is 12.1. The summed E-state index contributed by atoms with van der Waals surface area (Å²) in [6.07, 6.45) is -0.371. The van der Waals surface area contributed by atoms with Gasteiger partial charge in [-0.05, 0) is 26.3 Å². The Hall–Kier alpha value is -2.97. The van der Waals surface area contributed by atoms with Crippen molar-refractivity contribution in [1.82, 2.24) is 14.9 Å². The molecule has 0 radical (unpaired) electrons. The third-order valence-corrected chi connectivity index (χ3v) is 3.04. The fraction of sp³-hybridized carbons (Fsp3) is 0.400. The van der Waals surface area contributed by atoms with Crippen molar-refractivity contribution in [2.24, 2.45) is 0 Å². The first-order valence-corrected chi connectivity index (χ1v) is 7.44. The number of rotatable bonds is 6. The van der Waals surface area contributed by atoms with Crippen molar-refractivity contribution >= 4 is 17.7 Å². The second kappa shape index (κ2) is 7.53. The topological polar surface area (TPSA) is 116 Å². The number of carbonyl (C=O) groups excluding carboxylic acids is 2. The lowest BCUT2D eigenvalue weighted by atomic mass is 10.3. The van der Waals surface area contributed by atoms with Crippen molar-refractivity contribution in [2.45, 2.75) is 39.8 Å². The van der Waals surface area contributed by atoms with Crippen LogP contribution in [0.2, 0.25) is 0 Å². The third-order valence-electron chi connectivity index (χ3n) is 3.04. The molecule has 0 aromatic carbocycles. The van der Waals surface area contributed by atoms with Crippen molar-refractivity contribution in [1.29, 1.82) is 0 Å². The van der Waals surface area contributed by atoms with Gasteiger partial charge in [-0.15, -0.1) is 0 Å². The molecule has 1 N–H and O–H groups in total. The van der Waals surface area contributed by atoms with Crippen molar-refractivity contribution in [3.8, 4) is 0 Å². The van der Waals surface area contributed by atoms with E-state index in [0.29, 0.717) is 18.7 Å². The molecule has 0 saturated heterocycles. The molecule has 9 nitrogen and oxygen atoms in total. The van der Waals surface area contributed by atoms with Crippen molar-refractivity contribution in [3.63, 3.8) is 0 Å². The second-order valence-corrected chi connectivity index (χ2v) is 5.14. The van der Waals surface area contributed by atoms with Gasteiger partial charge in [0.15, 0.2) is 17.6 Å². The average Bonchev–Trinajstić information content (AvgIpc) is 2.94. The van der Waals surface area contributed by atoms with Gasteiger partial charge in [0, 0.05) is 18.7 Å². The summed E-state index contributed by atoms with van der Waals surface area (Å²) >= 11 is 0. The van der Waals surface area contributed by atoms with E-state index in [-0.39, 0.29) is 17.1 Å². The number of carbonyl (C=O) groups is 2. The van der Waals surface area contributed by atoms with Gasteiger partial charge < -0.3 is 14.6 Å². The molecule has 24 heavy (non-hydrogen) atoms. The summed E-state index contributed by atoms with van der Waals surface area (Å²) in [4.78, 5) is 35.6. The number of esters is 1. The second-order valence-electron chi connectivity index (χ2n) is 5.14. The standard InChI is InChI=1S/C15H18N4O5/c1-4-7-19-13(20)6-5-11(17-19)15(22)23-10(3)14(21)16-12-8-9(2)24-18-12/h5-6,8,10H,4,7H2,1-3H3,(H,16,18,21)/t10-/m0/s1. The smallest absolute Gasteiger partial charge is 0.359 e. The van der Waals surface area contributed by atoms with E-state index < -0.39 is 18.0 Å². The van der Waals surface area contributed by atoms with E-state index in [4.69, 9.17) is 9.26 Å². The van der Waals surface area contributed by atoms with Crippen molar-refractivity contribution in [2.75, 3.05) is 5.32 Å². The van der Waals surface area contributed by atoms with Crippen molar-refractivity contribution < 1.29 is 18.8 Å². The molecular formula is C15H18N4O5. The summed E-state index contributed by atoms with van der Waals surface area (Å²) in [5.74, 6) is -0.579. The lowest BCUT2D eigenvalue weighted by molar-refractivity contribution is -0.123. The van der Waals surface area contributed by atoms with Crippen molar-refractivity contribution in [3.05, 3.63) is 40.0 Å². The first-order chi connectivity index (χ1) is 11.4. The Morgan fingerprint density at radius 2 is 2.17 bits per heavy atom. The fourth-order valence-electron chi connectivity index (χ4n) is 1.86. The molecule has 0 unspecified atom stereocenters. The zero-order valence-corrected chi connectivity index (χ0v) is 13.6. The fourth-order valence-corrected chi connectivity index (χ4v) is 1.86. The number of hydrogen-bond acceptors (Lipinski definition) is 7. The number of aryl methyl sites for hydroxylation is 2. The van der Waals surface area contributed by atoms with Gasteiger partial charge in [-0.3, -0.25) is 9.59 Å². The van der Waals surface area contributed by atoms with Crippen LogP contribution in [-0.4, -0.2) is 32.9 Å². The molecule has 0 spiro atoms. The third kappa shape index (κ3) is 4.28. The Labute approximate surface area is 137 Å². The average molecular weight is 334 g/mol. The van der Waals surface area contributed by atoms with Crippen LogP contribution in [0.15, 0.2) is 27.5 Å². The molecule has 0 fully saturated rings. The monoisotopic (exact) mass is 334 g/mol. The quantitative estimate of drug-likeness (QED) is 0.787. The highest BCUT2D eigenvalue weighted by Crippen LogP contribution is 2.08. The largest absolute Gasteiger partial charge is 0.448 e. The van der Waals surface area contributed by atoms with Crippen LogP contribution in [-0.2, 0) is 16.1 Å². The summed E-state index contributed by atoms with van der Waals surface area (Å²) in [5, 5.41) is 10.0. The van der Waals surface area contributed by atoms with Gasteiger partial charge in [0.2, 0.25) is 0 Å². The van der Waals surface area contributed by atoms with E-state index in [2.05, 4.69) is 15.6 Å². The van der Waals surface area contributed by atoms with Gasteiger partial charge in [0.05, 0.1) is 0 Å². The summed E-state index contributed by atoms with van der Waals surface area (Å²) in [6, 6.07) is 4.04. The minimum absolute atomic E-state index is 0.0417. The van der Waals surface area contributed by atoms with Gasteiger partial charge in [0.25, 0.3) is 11.5 Å². The molecule has 2 aromatic heterocycles. The minimum Gasteiger partial charge on any atom is -0.448 e. The highest BCUT2D eigenvalue weighted by molar-refractivity contribution is 5.96. The highest BCUT2D eigenvalue weighted by atomic mass is 16.5. The Morgan fingerprint density at radius 3 is 2.79 bits per heavy atom. The minimum atomic E-state index is -1.07. The molecule has 128 valence electrons. The molecule has 0 aliphatic carbocycles. The molecule has 1 amide bonds. The predicted octanol–water partition coefficient (Wildman–Crippen LogP) is 1.13. The van der Waals surface area contributed by atoms with Crippen LogP contribution in [0.4, 0.5) is 5.82 Å². The molecular weight excluding hydrogens is 316 g/mol. The maximum absolute atomic E-state index is 12.1. The Morgan fingerprint density at radius 1 is 1.42 bits per heavy atom. The van der Waals surface area contributed by atoms with Crippen LogP contribution in [0, 0.1) is 6.92 Å². The van der Waals surface area contributed by atoms with E-state index in [1.54, 1.807) is 6.92 Å². The van der Waals surface area contributed by atoms with Crippen LogP contribution < -0.4 is 10.9 Å². The zero-order valence-electron chi connectivity index (χ0n) is 13.6. The van der Waals surface area contributed by atoms with Gasteiger partial charge in [-0.2, -0.15) is 5.10 Å². The van der Waals surface area contributed by atoms with E-state index in [1.165, 1.54) is 29.8 Å². The Kier molecular flexibility index (Phi) is 5.46. The number of hydrogen-bond donors (Lipinski definition) is 1. The zero-order chi connectivity index (χ0) is 17.7. The molecule has 2 aromatic rings. The maximum Gasteiger partial charge on any atom is 0.359 e. The van der Waals surface area contributed by atoms with Gasteiger partial charge in [0.1, 0.15) is 5.76 Å². The van der Waals surface area contributed by atoms with Gasteiger partial charge >= 0.3 is 5.97 Å². The summed E-state index contributed by atoms with van der Waals surface area (Å²) < 4.78 is 11.1. The van der Waals surface area contributed by atoms with Crippen LogP contribution in [0.3, 0.4) is 0 Å². The Bertz CT molecular complexity index is 795. The number of amides is 1. The molecule has 0 bridgehead atoms. The van der Waals surface area contributed by atoms with Crippen LogP contribution in [0.5, 0.6) is 0 Å². The van der Waals surface area contributed by atoms with Crippen LogP contribution in [0.1, 0.15) is 36.5 Å². The lowest BCUT2D eigenvalue weighted by Gasteiger charge is -2.12. The first kappa shape index (κ1) is 17.4. The lowest BCUT2D eigenvalue weighted by Crippen LogP contribution is -2.31. The molecule has 0 aliphatic rings. The molecule has 0 aliphatic heterocycles. The Balaban J connectivity index is 2.01. The van der Waals surface area contributed by atoms with Gasteiger partial charge in [-0.1, -0.05) is 12.1 Å². The van der Waals surface area contributed by atoms with E-state index in [9.17, 15) is 14.4 Å². The predicted molar refractivity (Wildman–Crippen MR) is 83.5 cm³/mol. The van der Waals surface area contributed by atoms with Gasteiger partial charge in [-0.25, -0.2) is 9.48 Å².